The number of nitrogens with zero attached hydrogens (tertiary/aromatic N) is 4. The SMILES string of the molecule is CCN(C)c1cccc(N=Nc2cc(Cl)c(S(=O)(=O)F)cc2Cl)c1N1C(=O)c2cccc(Cl)c2C1=O. The second kappa shape index (κ2) is 9.78. The zero-order chi connectivity index (χ0) is 26.4. The van der Waals surface area contributed by atoms with E-state index in [1.54, 1.807) is 25.2 Å². The zero-order valence-corrected chi connectivity index (χ0v) is 21.8. The Bertz CT molecular complexity index is 1560. The molecule has 3 aromatic carbocycles. The minimum absolute atomic E-state index is 0.0559. The highest BCUT2D eigenvalue weighted by Crippen LogP contribution is 2.44. The van der Waals surface area contributed by atoms with Crippen LogP contribution in [0, 0.1) is 0 Å². The lowest BCUT2D eigenvalue weighted by Crippen LogP contribution is -2.31. The van der Waals surface area contributed by atoms with Gasteiger partial charge in [0, 0.05) is 13.6 Å². The normalized spacial score (nSPS) is 13.6. The summed E-state index contributed by atoms with van der Waals surface area (Å²) in [6.07, 6.45) is 0. The van der Waals surface area contributed by atoms with Crippen LogP contribution in [0.15, 0.2) is 63.7 Å². The predicted molar refractivity (Wildman–Crippen MR) is 137 cm³/mol. The summed E-state index contributed by atoms with van der Waals surface area (Å²) in [6, 6.07) is 11.4. The van der Waals surface area contributed by atoms with Crippen LogP contribution in [-0.4, -0.2) is 33.8 Å². The van der Waals surface area contributed by atoms with E-state index in [0.717, 1.165) is 17.0 Å². The lowest BCUT2D eigenvalue weighted by Gasteiger charge is -2.25. The molecule has 0 bridgehead atoms. The van der Waals surface area contributed by atoms with Gasteiger partial charge in [0.25, 0.3) is 11.8 Å². The van der Waals surface area contributed by atoms with Crippen molar-refractivity contribution in [1.82, 2.24) is 0 Å². The Morgan fingerprint density at radius 3 is 2.22 bits per heavy atom. The third-order valence-corrected chi connectivity index (χ3v) is 7.40. The molecule has 0 N–H and O–H groups in total. The number of hydrogen-bond acceptors (Lipinski definition) is 7. The molecule has 3 aromatic rings. The average molecular weight is 570 g/mol. The molecule has 0 saturated carbocycles. The summed E-state index contributed by atoms with van der Waals surface area (Å²) in [5.74, 6) is -1.20. The minimum atomic E-state index is -5.10. The third-order valence-electron chi connectivity index (χ3n) is 5.50. The molecule has 0 radical (unpaired) electrons. The quantitative estimate of drug-likeness (QED) is 0.181. The highest BCUT2D eigenvalue weighted by Gasteiger charge is 2.40. The molecular weight excluding hydrogens is 554 g/mol. The number of benzene rings is 3. The van der Waals surface area contributed by atoms with E-state index >= 15 is 0 Å². The number of amides is 2. The number of carbonyl (C=O) groups excluding carboxylic acids is 2. The number of imide groups is 1. The van der Waals surface area contributed by atoms with Gasteiger partial charge in [-0.25, -0.2) is 4.90 Å². The van der Waals surface area contributed by atoms with E-state index < -0.39 is 32.0 Å². The summed E-state index contributed by atoms with van der Waals surface area (Å²) >= 11 is 18.2. The van der Waals surface area contributed by atoms with Crippen molar-refractivity contribution in [2.75, 3.05) is 23.4 Å². The van der Waals surface area contributed by atoms with Crippen molar-refractivity contribution >= 4 is 79.6 Å². The largest absolute Gasteiger partial charge is 0.373 e. The Hall–Kier alpha value is -3.05. The van der Waals surface area contributed by atoms with E-state index in [2.05, 4.69) is 10.2 Å². The second-order valence-electron chi connectivity index (χ2n) is 7.64. The maximum Gasteiger partial charge on any atom is 0.333 e. The number of anilines is 2. The monoisotopic (exact) mass is 568 g/mol. The molecule has 8 nitrogen and oxygen atoms in total. The summed E-state index contributed by atoms with van der Waals surface area (Å²) in [4.78, 5) is 28.6. The maximum atomic E-state index is 13.4. The zero-order valence-electron chi connectivity index (χ0n) is 18.7. The Labute approximate surface area is 221 Å². The van der Waals surface area contributed by atoms with Gasteiger partial charge in [-0.05, 0) is 43.3 Å². The van der Waals surface area contributed by atoms with Gasteiger partial charge < -0.3 is 4.90 Å². The first-order chi connectivity index (χ1) is 17.0. The van der Waals surface area contributed by atoms with Gasteiger partial charge in [-0.1, -0.05) is 46.9 Å². The number of carbonyl (C=O) groups is 2. The molecule has 13 heteroatoms. The number of rotatable bonds is 6. The van der Waals surface area contributed by atoms with E-state index in [1.165, 1.54) is 18.2 Å². The fourth-order valence-corrected chi connectivity index (χ4v) is 5.15. The van der Waals surface area contributed by atoms with Gasteiger partial charge in [0.2, 0.25) is 0 Å². The molecule has 2 amide bonds. The minimum Gasteiger partial charge on any atom is -0.373 e. The number of azo groups is 1. The molecule has 186 valence electrons. The molecule has 0 spiro atoms. The van der Waals surface area contributed by atoms with E-state index in [1.807, 2.05) is 11.8 Å². The smallest absolute Gasteiger partial charge is 0.333 e. The number of halogens is 4. The highest BCUT2D eigenvalue weighted by atomic mass is 35.5. The standard InChI is InChI=1S/C23H16Cl3FN4O4S/c1-3-30(2)18-9-5-8-16(28-29-17-10-15(26)19(11-14(17)25)36(27,34)35)21(18)31-22(32)12-6-4-7-13(24)20(12)23(31)33/h4-11H,3H2,1-2H3. The van der Waals surface area contributed by atoms with Gasteiger partial charge in [0.05, 0.1) is 31.9 Å². The number of para-hydroxylation sites is 1. The number of fused-ring (bicyclic) bond motifs is 1. The van der Waals surface area contributed by atoms with Crippen LogP contribution in [0.25, 0.3) is 0 Å². The fraction of sp³-hybridized carbons (Fsp3) is 0.130. The molecule has 0 aromatic heterocycles. The van der Waals surface area contributed by atoms with Crippen LogP contribution in [0.1, 0.15) is 27.6 Å². The summed E-state index contributed by atoms with van der Waals surface area (Å²) in [5, 5.41) is 7.69. The molecule has 0 unspecified atom stereocenters. The second-order valence-corrected chi connectivity index (χ2v) is 10.2. The molecule has 0 fully saturated rings. The molecule has 0 aliphatic carbocycles. The Morgan fingerprint density at radius 2 is 1.58 bits per heavy atom. The maximum absolute atomic E-state index is 13.4. The van der Waals surface area contributed by atoms with Crippen molar-refractivity contribution in [3.05, 3.63) is 74.7 Å². The summed E-state index contributed by atoms with van der Waals surface area (Å²) in [6.45, 7) is 2.43. The fourth-order valence-electron chi connectivity index (χ4n) is 3.64. The molecule has 1 aliphatic rings. The van der Waals surface area contributed by atoms with Crippen LogP contribution in [0.3, 0.4) is 0 Å². The summed E-state index contributed by atoms with van der Waals surface area (Å²) < 4.78 is 35.9. The van der Waals surface area contributed by atoms with Gasteiger partial charge in [0.15, 0.2) is 0 Å². The Morgan fingerprint density at radius 1 is 0.917 bits per heavy atom. The van der Waals surface area contributed by atoms with Crippen molar-refractivity contribution in [1.29, 1.82) is 0 Å². The van der Waals surface area contributed by atoms with Gasteiger partial charge >= 0.3 is 10.2 Å². The summed E-state index contributed by atoms with van der Waals surface area (Å²) in [7, 11) is -3.33. The first kappa shape index (κ1) is 26.0. The molecule has 1 heterocycles. The lowest BCUT2D eigenvalue weighted by molar-refractivity contribution is 0.0926. The van der Waals surface area contributed by atoms with Crippen LogP contribution in [-0.2, 0) is 10.2 Å². The van der Waals surface area contributed by atoms with Crippen molar-refractivity contribution in [3.8, 4) is 0 Å². The van der Waals surface area contributed by atoms with Gasteiger partial charge in [-0.3, -0.25) is 9.59 Å². The van der Waals surface area contributed by atoms with Crippen LogP contribution >= 0.6 is 34.8 Å². The average Bonchev–Trinajstić information content (AvgIpc) is 3.08. The Kier molecular flexibility index (Phi) is 7.07. The summed E-state index contributed by atoms with van der Waals surface area (Å²) in [5.41, 5.74) is 0.995. The Balaban J connectivity index is 1.87. The van der Waals surface area contributed by atoms with Gasteiger partial charge in [0.1, 0.15) is 22.0 Å². The van der Waals surface area contributed by atoms with Gasteiger partial charge in [-0.2, -0.15) is 8.42 Å². The van der Waals surface area contributed by atoms with E-state index in [9.17, 15) is 21.9 Å². The van der Waals surface area contributed by atoms with Crippen LogP contribution in [0.5, 0.6) is 0 Å². The van der Waals surface area contributed by atoms with E-state index in [0.29, 0.717) is 12.2 Å². The van der Waals surface area contributed by atoms with Crippen molar-refractivity contribution in [3.63, 3.8) is 0 Å². The first-order valence-corrected chi connectivity index (χ1v) is 12.8. The van der Waals surface area contributed by atoms with Crippen molar-refractivity contribution < 1.29 is 21.9 Å². The van der Waals surface area contributed by atoms with Crippen LogP contribution in [0.2, 0.25) is 15.1 Å². The van der Waals surface area contributed by atoms with Gasteiger partial charge in [-0.15, -0.1) is 14.1 Å². The lowest BCUT2D eigenvalue weighted by atomic mass is 10.1. The topological polar surface area (TPSA) is 99.5 Å². The van der Waals surface area contributed by atoms with Crippen molar-refractivity contribution in [2.45, 2.75) is 11.8 Å². The molecule has 36 heavy (non-hydrogen) atoms. The van der Waals surface area contributed by atoms with E-state index in [-0.39, 0.29) is 38.2 Å². The van der Waals surface area contributed by atoms with E-state index in [4.69, 9.17) is 34.8 Å². The predicted octanol–water partition coefficient (Wildman–Crippen LogP) is 6.98. The molecular formula is C23H16Cl3FN4O4S. The molecule has 4 rings (SSSR count). The first-order valence-electron chi connectivity index (χ1n) is 10.3. The molecule has 1 aliphatic heterocycles. The van der Waals surface area contributed by atoms with Crippen molar-refractivity contribution in [2.24, 2.45) is 10.2 Å². The third kappa shape index (κ3) is 4.57. The highest BCUT2D eigenvalue weighted by molar-refractivity contribution is 7.86. The van der Waals surface area contributed by atoms with Crippen LogP contribution < -0.4 is 9.80 Å². The number of hydrogen-bond donors (Lipinski definition) is 0. The molecule has 0 atom stereocenters. The van der Waals surface area contributed by atoms with Crippen LogP contribution in [0.4, 0.5) is 26.6 Å². The molecule has 0 saturated heterocycles.